The van der Waals surface area contributed by atoms with Crippen LogP contribution in [0.5, 0.6) is 0 Å². The number of thiol groups is 2. The number of carboxylic acids is 1. The molecule has 0 aliphatic heterocycles. The Morgan fingerprint density at radius 1 is 0.465 bits per heavy atom. The van der Waals surface area contributed by atoms with Gasteiger partial charge in [-0.25, -0.2) is 4.79 Å². The van der Waals surface area contributed by atoms with Crippen molar-refractivity contribution in [3.63, 3.8) is 0 Å². The van der Waals surface area contributed by atoms with Gasteiger partial charge in [0.05, 0.1) is 6.04 Å². The highest BCUT2D eigenvalue weighted by molar-refractivity contribution is 9.09. The van der Waals surface area contributed by atoms with Crippen LogP contribution >= 0.6 is 41.2 Å². The summed E-state index contributed by atoms with van der Waals surface area (Å²) in [4.78, 5) is 143. The van der Waals surface area contributed by atoms with Crippen molar-refractivity contribution in [3.05, 3.63) is 108 Å². The number of hydrogen-bond acceptors (Lipinski definition) is 17. The molecule has 0 spiro atoms. The predicted molar refractivity (Wildman–Crippen MR) is 383 cm³/mol. The van der Waals surface area contributed by atoms with Gasteiger partial charge in [0.15, 0.2) is 23.8 Å². The molecule has 0 aliphatic carbocycles. The Hall–Kier alpha value is -9.88. The molecule has 34 nitrogen and oxygen atoms in total. The summed E-state index contributed by atoms with van der Waals surface area (Å²) in [5, 5.41) is 75.1. The molecule has 1 unspecified atom stereocenters. The number of hydrogen-bond donors (Lipinski definition) is 26. The predicted octanol–water partition coefficient (Wildman–Crippen LogP) is -3.72. The number of nitrogens with two attached hydrogens (primary N) is 5. The van der Waals surface area contributed by atoms with Gasteiger partial charge in [-0.3, -0.25) is 64.8 Å². The highest BCUT2D eigenvalue weighted by Gasteiger charge is 2.36. The molecule has 1 heterocycles. The van der Waals surface area contributed by atoms with Crippen molar-refractivity contribution in [3.8, 4) is 0 Å². The number of aliphatic carboxylic acids is 1. The van der Waals surface area contributed by atoms with Crippen LogP contribution in [0, 0.1) is 21.6 Å². The minimum absolute atomic E-state index is 0.0620. The molecular formula is C62H92BrN23O11S2. The number of para-hydroxylation sites is 1. The van der Waals surface area contributed by atoms with Crippen molar-refractivity contribution >= 4 is 135 Å². The second-order valence-electron chi connectivity index (χ2n) is 23.0. The van der Waals surface area contributed by atoms with Crippen molar-refractivity contribution in [2.75, 3.05) is 37.7 Å². The summed E-state index contributed by atoms with van der Waals surface area (Å²) in [5.74, 6) is -11.2. The van der Waals surface area contributed by atoms with E-state index < -0.39 is 130 Å². The summed E-state index contributed by atoms with van der Waals surface area (Å²) in [5.41, 5.74) is 30.3. The highest BCUT2D eigenvalue weighted by atomic mass is 79.9. The monoisotopic (exact) mass is 1480 g/mol. The molecule has 11 atom stereocenters. The lowest BCUT2D eigenvalue weighted by Crippen LogP contribution is -2.61. The summed E-state index contributed by atoms with van der Waals surface area (Å²) in [6, 6.07) is 10.0. The van der Waals surface area contributed by atoms with E-state index in [1.54, 1.807) is 91.1 Å². The number of carbonyl (C=O) groups is 10. The molecule has 0 fully saturated rings. The third-order valence-corrected chi connectivity index (χ3v) is 16.6. The van der Waals surface area contributed by atoms with Gasteiger partial charge in [-0.15, -0.1) is 0 Å². The maximum atomic E-state index is 15.1. The normalized spacial score (nSPS) is 14.3. The highest BCUT2D eigenvalue weighted by Crippen LogP contribution is 2.20. The number of nitrogens with one attached hydrogen (secondary N) is 18. The number of carboxylic acid groups (broad SMARTS) is 1. The summed E-state index contributed by atoms with van der Waals surface area (Å²) >= 11 is 12.1. The lowest BCUT2D eigenvalue weighted by Gasteiger charge is -2.29. The topological polar surface area (TPSA) is 589 Å². The zero-order valence-electron chi connectivity index (χ0n) is 54.5. The minimum Gasteiger partial charge on any atom is -0.480 e. The van der Waals surface area contributed by atoms with E-state index in [-0.39, 0.29) is 113 Å². The first-order chi connectivity index (χ1) is 47.1. The van der Waals surface area contributed by atoms with E-state index in [4.69, 9.17) is 50.3 Å². The number of guanidine groups is 4. The van der Waals surface area contributed by atoms with Gasteiger partial charge in [-0.05, 0) is 74.6 Å². The molecule has 4 rings (SSSR count). The number of H-pyrrole nitrogens is 1. The fraction of sp³-hybridized carbons (Fsp3) is 0.452. The zero-order valence-corrected chi connectivity index (χ0v) is 57.9. The molecule has 1 aromatic heterocycles. The first-order valence-corrected chi connectivity index (χ1v) is 33.8. The van der Waals surface area contributed by atoms with Crippen LogP contribution in [0.3, 0.4) is 0 Å². The van der Waals surface area contributed by atoms with E-state index in [9.17, 15) is 43.5 Å². The second kappa shape index (κ2) is 42.7. The summed E-state index contributed by atoms with van der Waals surface area (Å²) < 4.78 is 0. The Labute approximate surface area is 591 Å². The minimum atomic E-state index is -1.57. The first kappa shape index (κ1) is 81.5. The lowest BCUT2D eigenvalue weighted by molar-refractivity contribution is -0.142. The molecule has 0 radical (unpaired) electrons. The van der Waals surface area contributed by atoms with Gasteiger partial charge < -0.3 is 108 Å². The number of benzene rings is 3. The molecule has 99 heavy (non-hydrogen) atoms. The summed E-state index contributed by atoms with van der Waals surface area (Å²) in [6.45, 7) is 1.68. The molecular weight excluding hydrogens is 1390 g/mol. The fourth-order valence-corrected chi connectivity index (χ4v) is 10.9. The number of fused-ring (bicyclic) bond motifs is 1. The quantitative estimate of drug-likeness (QED) is 0.00666. The van der Waals surface area contributed by atoms with Crippen molar-refractivity contribution in [1.82, 2.24) is 74.1 Å². The Balaban J connectivity index is 1.67. The van der Waals surface area contributed by atoms with Crippen molar-refractivity contribution in [2.24, 2.45) is 28.7 Å². The standard InChI is InChI=1S/C62H92BrN23O11S2/c1-33(78-56(94)47(31-98)85-50(88)39(64)18-10-22-73-59(65)66)49(87)79-41(20-11-23-74-60(67)68)51(89)81-43(25-34-13-4-2-5-14-34)53(91)83-45(28-37(63)30-77-62(71)72)55(93)82-44(27-36-29-76-40-19-9-8-17-38(36)40)54(92)86-48(32-99)57(95)80-42(21-12-24-75-61(69)70)52(90)84-46(58(96)97)26-35-15-6-3-7-16-35/h2-9,13-17,19,29,33,37,39,41-48,76,98-99H,10-12,18,20-28,30-32,64H2,1H3,(H,78,94)(H,79,87)(H,80,95)(H,81,89)(H,82,93)(H,83,91)(H,84,90)(H,85,88)(H,86,92)(H,96,97)(H4,65,66,73)(H4,67,68,74)(H4,69,70,75)(H4,71,72,77)/t33-,37?,39+,41+,42+,43-,44-,45+,46+,47+,48+/m1/s1. The van der Waals surface area contributed by atoms with E-state index in [2.05, 4.69) is 115 Å². The first-order valence-electron chi connectivity index (χ1n) is 31.6. The van der Waals surface area contributed by atoms with E-state index in [0.717, 1.165) is 0 Å². The van der Waals surface area contributed by atoms with E-state index in [1.165, 1.54) is 6.92 Å². The molecule has 37 heteroatoms. The van der Waals surface area contributed by atoms with E-state index in [0.29, 0.717) is 34.0 Å². The number of halogens is 1. The van der Waals surface area contributed by atoms with Gasteiger partial charge in [0, 0.05) is 78.9 Å². The molecule has 540 valence electrons. The number of aromatic nitrogens is 1. The van der Waals surface area contributed by atoms with Crippen LogP contribution in [0.4, 0.5) is 0 Å². The number of amides is 9. The summed E-state index contributed by atoms with van der Waals surface area (Å²) in [7, 11) is 0. The van der Waals surface area contributed by atoms with Crippen molar-refractivity contribution in [2.45, 2.75) is 136 Å². The van der Waals surface area contributed by atoms with Crippen LogP contribution < -0.4 is 97.8 Å². The van der Waals surface area contributed by atoms with Crippen LogP contribution in [0.1, 0.15) is 68.6 Å². The molecule has 0 saturated carbocycles. The van der Waals surface area contributed by atoms with Crippen LogP contribution in [0.25, 0.3) is 10.9 Å². The third-order valence-electron chi connectivity index (χ3n) is 15.1. The van der Waals surface area contributed by atoms with Crippen LogP contribution in [0.2, 0.25) is 0 Å². The number of carbonyl (C=O) groups excluding carboxylic acids is 9. The Morgan fingerprint density at radius 2 is 0.838 bits per heavy atom. The van der Waals surface area contributed by atoms with E-state index in [1.807, 2.05) is 0 Å². The third kappa shape index (κ3) is 29.8. The van der Waals surface area contributed by atoms with Gasteiger partial charge in [0.1, 0.15) is 54.4 Å². The van der Waals surface area contributed by atoms with Gasteiger partial charge in [0.2, 0.25) is 53.2 Å². The maximum absolute atomic E-state index is 15.1. The Bertz CT molecular complexity index is 3410. The second-order valence-corrected chi connectivity index (χ2v) is 25.1. The molecule has 3 aromatic carbocycles. The average Bonchev–Trinajstić information content (AvgIpc) is 1.73. The maximum Gasteiger partial charge on any atom is 0.326 e. The number of aromatic amines is 1. The van der Waals surface area contributed by atoms with Gasteiger partial charge in [0.25, 0.3) is 0 Å². The lowest BCUT2D eigenvalue weighted by atomic mass is 10.0. The van der Waals surface area contributed by atoms with Gasteiger partial charge >= 0.3 is 5.97 Å². The van der Waals surface area contributed by atoms with Crippen molar-refractivity contribution < 1.29 is 53.1 Å². The largest absolute Gasteiger partial charge is 0.480 e. The SMILES string of the molecule is C[C@@H](NC(=O)[C@H](CS)NC(=O)[C@@H](N)CCCNC(=N)N)C(=O)N[C@@H](CCCNC(=N)N)C(=O)N[C@H](Cc1ccccc1)C(=O)N[C@@H](CC(Br)CNC(=N)N)C(=O)N[C@H](Cc1c[nH]c2ccccc12)C(=O)N[C@@H](CS)C(=O)N[C@@H](CCCNC(=N)N)C(=O)N[C@@H](Cc1ccccc1)C(=O)O. The average molecular weight is 1480 g/mol. The van der Waals surface area contributed by atoms with E-state index >= 15 is 9.59 Å². The van der Waals surface area contributed by atoms with Crippen LogP contribution in [0.15, 0.2) is 91.1 Å². The molecule has 0 bridgehead atoms. The molecule has 0 aliphatic rings. The van der Waals surface area contributed by atoms with Crippen LogP contribution in [-0.2, 0) is 67.2 Å². The fourth-order valence-electron chi connectivity index (χ4n) is 9.88. The smallest absolute Gasteiger partial charge is 0.326 e. The number of alkyl halides is 1. The van der Waals surface area contributed by atoms with Gasteiger partial charge in [-0.1, -0.05) is 94.8 Å². The Morgan fingerprint density at radius 3 is 1.33 bits per heavy atom. The van der Waals surface area contributed by atoms with Crippen LogP contribution in [-0.4, -0.2) is 196 Å². The molecule has 9 amide bonds. The molecule has 4 aromatic rings. The zero-order chi connectivity index (χ0) is 73.1. The summed E-state index contributed by atoms with van der Waals surface area (Å²) in [6.07, 6.45) is 1.42. The molecule has 0 saturated heterocycles. The van der Waals surface area contributed by atoms with Crippen molar-refractivity contribution in [1.29, 1.82) is 21.6 Å². The number of rotatable bonds is 43. The Kier molecular flexibility index (Phi) is 35.2. The molecule has 29 N–H and O–H groups in total. The van der Waals surface area contributed by atoms with Gasteiger partial charge in [-0.2, -0.15) is 25.3 Å².